The Bertz CT molecular complexity index is 270. The SMILES string of the molecule is CC(=O)c1ccc(SCCCl)s1. The first kappa shape index (κ1) is 10.1. The normalized spacial score (nSPS) is 10.2. The van der Waals surface area contributed by atoms with Gasteiger partial charge in [-0.2, -0.15) is 0 Å². The van der Waals surface area contributed by atoms with Crippen molar-refractivity contribution in [2.24, 2.45) is 0 Å². The number of Topliss-reactive ketones (excluding diaryl/α,β-unsaturated/α-hetero) is 1. The van der Waals surface area contributed by atoms with Gasteiger partial charge in [-0.05, 0) is 19.1 Å². The summed E-state index contributed by atoms with van der Waals surface area (Å²) in [6.45, 7) is 1.59. The van der Waals surface area contributed by atoms with E-state index in [1.807, 2.05) is 12.1 Å². The van der Waals surface area contributed by atoms with E-state index >= 15 is 0 Å². The zero-order valence-electron chi connectivity index (χ0n) is 6.67. The molecule has 0 N–H and O–H groups in total. The summed E-state index contributed by atoms with van der Waals surface area (Å²) in [6, 6.07) is 3.84. The van der Waals surface area contributed by atoms with E-state index in [-0.39, 0.29) is 5.78 Å². The number of carbonyl (C=O) groups is 1. The van der Waals surface area contributed by atoms with Crippen LogP contribution >= 0.6 is 34.7 Å². The number of ketones is 1. The second-order valence-corrected chi connectivity index (χ2v) is 5.07. The highest BCUT2D eigenvalue weighted by Crippen LogP contribution is 2.27. The molecule has 0 aliphatic rings. The van der Waals surface area contributed by atoms with Crippen molar-refractivity contribution in [2.75, 3.05) is 11.6 Å². The minimum atomic E-state index is 0.137. The molecule has 12 heavy (non-hydrogen) atoms. The number of thioether (sulfide) groups is 1. The lowest BCUT2D eigenvalue weighted by Crippen LogP contribution is -1.83. The lowest BCUT2D eigenvalue weighted by Gasteiger charge is -1.90. The molecule has 66 valence electrons. The molecule has 0 saturated carbocycles. The molecule has 1 aromatic heterocycles. The van der Waals surface area contributed by atoms with Gasteiger partial charge in [-0.3, -0.25) is 4.79 Å². The molecule has 0 aliphatic heterocycles. The van der Waals surface area contributed by atoms with E-state index in [4.69, 9.17) is 11.6 Å². The Morgan fingerprint density at radius 3 is 2.92 bits per heavy atom. The maximum atomic E-state index is 10.9. The van der Waals surface area contributed by atoms with Crippen molar-refractivity contribution >= 4 is 40.5 Å². The Morgan fingerprint density at radius 2 is 2.42 bits per heavy atom. The van der Waals surface area contributed by atoms with Crippen molar-refractivity contribution in [1.29, 1.82) is 0 Å². The van der Waals surface area contributed by atoms with Crippen molar-refractivity contribution in [2.45, 2.75) is 11.1 Å². The number of halogens is 1. The Kier molecular flexibility index (Phi) is 4.12. The lowest BCUT2D eigenvalue weighted by atomic mass is 10.4. The summed E-state index contributed by atoms with van der Waals surface area (Å²) >= 11 is 8.77. The largest absolute Gasteiger partial charge is 0.294 e. The van der Waals surface area contributed by atoms with Crippen molar-refractivity contribution in [3.05, 3.63) is 17.0 Å². The molecule has 0 fully saturated rings. The summed E-state index contributed by atoms with van der Waals surface area (Å²) in [5.74, 6) is 1.69. The molecule has 0 spiro atoms. The molecule has 0 aromatic carbocycles. The van der Waals surface area contributed by atoms with E-state index < -0.39 is 0 Å². The highest BCUT2D eigenvalue weighted by Gasteiger charge is 2.03. The standard InChI is InChI=1S/C8H9ClOS2/c1-6(10)7-2-3-8(12-7)11-5-4-9/h2-3H,4-5H2,1H3. The fourth-order valence-corrected chi connectivity index (χ4v) is 2.79. The van der Waals surface area contributed by atoms with E-state index in [1.54, 1.807) is 18.7 Å². The van der Waals surface area contributed by atoms with Gasteiger partial charge in [0.15, 0.2) is 5.78 Å². The number of alkyl halides is 1. The van der Waals surface area contributed by atoms with E-state index in [0.29, 0.717) is 5.88 Å². The molecule has 0 atom stereocenters. The van der Waals surface area contributed by atoms with Gasteiger partial charge < -0.3 is 0 Å². The Balaban J connectivity index is 2.58. The third-order valence-corrected chi connectivity index (χ3v) is 4.08. The molecule has 4 heteroatoms. The number of hydrogen-bond donors (Lipinski definition) is 0. The molecular weight excluding hydrogens is 212 g/mol. The maximum absolute atomic E-state index is 10.9. The fourth-order valence-electron chi connectivity index (χ4n) is 0.726. The van der Waals surface area contributed by atoms with Crippen LogP contribution in [-0.2, 0) is 0 Å². The van der Waals surface area contributed by atoms with Crippen LogP contribution in [0.15, 0.2) is 16.3 Å². The molecule has 0 saturated heterocycles. The van der Waals surface area contributed by atoms with Crippen LogP contribution in [0.2, 0.25) is 0 Å². The van der Waals surface area contributed by atoms with Crippen LogP contribution < -0.4 is 0 Å². The summed E-state index contributed by atoms with van der Waals surface area (Å²) in [5.41, 5.74) is 0. The first-order valence-corrected chi connectivity index (χ1v) is 5.87. The maximum Gasteiger partial charge on any atom is 0.169 e. The van der Waals surface area contributed by atoms with Crippen LogP contribution in [-0.4, -0.2) is 17.4 Å². The number of hydrogen-bond acceptors (Lipinski definition) is 3. The smallest absolute Gasteiger partial charge is 0.169 e. The van der Waals surface area contributed by atoms with Gasteiger partial charge in [0.2, 0.25) is 0 Å². The second kappa shape index (κ2) is 4.90. The highest BCUT2D eigenvalue weighted by molar-refractivity contribution is 8.01. The van der Waals surface area contributed by atoms with E-state index in [2.05, 4.69) is 0 Å². The van der Waals surface area contributed by atoms with Gasteiger partial charge >= 0.3 is 0 Å². The van der Waals surface area contributed by atoms with Gasteiger partial charge in [0.1, 0.15) is 0 Å². The summed E-state index contributed by atoms with van der Waals surface area (Å²) in [5, 5.41) is 0. The summed E-state index contributed by atoms with van der Waals surface area (Å²) in [4.78, 5) is 11.7. The molecular formula is C8H9ClOS2. The molecule has 0 radical (unpaired) electrons. The molecule has 0 unspecified atom stereocenters. The van der Waals surface area contributed by atoms with Crippen molar-refractivity contribution < 1.29 is 4.79 Å². The predicted octanol–water partition coefficient (Wildman–Crippen LogP) is 3.28. The highest BCUT2D eigenvalue weighted by atomic mass is 35.5. The van der Waals surface area contributed by atoms with Crippen LogP contribution in [0.1, 0.15) is 16.6 Å². The lowest BCUT2D eigenvalue weighted by molar-refractivity contribution is 0.102. The van der Waals surface area contributed by atoms with E-state index in [0.717, 1.165) is 10.6 Å². The predicted molar refractivity (Wildman–Crippen MR) is 55.8 cm³/mol. The molecule has 1 nitrogen and oxygen atoms in total. The van der Waals surface area contributed by atoms with Crippen LogP contribution in [0.3, 0.4) is 0 Å². The first-order chi connectivity index (χ1) is 5.74. The third-order valence-electron chi connectivity index (χ3n) is 1.25. The molecule has 1 rings (SSSR count). The quantitative estimate of drug-likeness (QED) is 0.440. The molecule has 0 aliphatic carbocycles. The minimum Gasteiger partial charge on any atom is -0.294 e. The Morgan fingerprint density at radius 1 is 1.67 bits per heavy atom. The minimum absolute atomic E-state index is 0.137. The average molecular weight is 221 g/mol. The Hall–Kier alpha value is 0.01000. The third kappa shape index (κ3) is 2.81. The summed E-state index contributed by atoms with van der Waals surface area (Å²) < 4.78 is 1.17. The van der Waals surface area contributed by atoms with Crippen molar-refractivity contribution in [1.82, 2.24) is 0 Å². The van der Waals surface area contributed by atoms with Gasteiger partial charge in [-0.25, -0.2) is 0 Å². The zero-order valence-corrected chi connectivity index (χ0v) is 9.06. The van der Waals surface area contributed by atoms with E-state index in [1.165, 1.54) is 15.5 Å². The molecule has 1 aromatic rings. The van der Waals surface area contributed by atoms with Crippen LogP contribution in [0.5, 0.6) is 0 Å². The number of rotatable bonds is 4. The number of carbonyl (C=O) groups excluding carboxylic acids is 1. The van der Waals surface area contributed by atoms with Crippen LogP contribution in [0.25, 0.3) is 0 Å². The summed E-state index contributed by atoms with van der Waals surface area (Å²) in [6.07, 6.45) is 0. The van der Waals surface area contributed by atoms with Gasteiger partial charge in [-0.1, -0.05) is 0 Å². The molecule has 0 bridgehead atoms. The zero-order chi connectivity index (χ0) is 8.97. The van der Waals surface area contributed by atoms with Gasteiger partial charge in [0.05, 0.1) is 9.09 Å². The van der Waals surface area contributed by atoms with Gasteiger partial charge in [0, 0.05) is 11.6 Å². The molecule has 1 heterocycles. The average Bonchev–Trinajstić information content (AvgIpc) is 2.48. The summed E-state index contributed by atoms with van der Waals surface area (Å²) in [7, 11) is 0. The monoisotopic (exact) mass is 220 g/mol. The van der Waals surface area contributed by atoms with Gasteiger partial charge in [0.25, 0.3) is 0 Å². The van der Waals surface area contributed by atoms with Crippen LogP contribution in [0.4, 0.5) is 0 Å². The Labute approximate surface area is 85.1 Å². The van der Waals surface area contributed by atoms with Crippen molar-refractivity contribution in [3.8, 4) is 0 Å². The second-order valence-electron chi connectivity index (χ2n) is 2.21. The van der Waals surface area contributed by atoms with Crippen LogP contribution in [0, 0.1) is 0 Å². The topological polar surface area (TPSA) is 17.1 Å². The van der Waals surface area contributed by atoms with Crippen molar-refractivity contribution in [3.63, 3.8) is 0 Å². The van der Waals surface area contributed by atoms with E-state index in [9.17, 15) is 4.79 Å². The molecule has 0 amide bonds. The fraction of sp³-hybridized carbons (Fsp3) is 0.375. The van der Waals surface area contributed by atoms with Gasteiger partial charge in [-0.15, -0.1) is 34.7 Å². The number of thiophene rings is 1. The first-order valence-electron chi connectivity index (χ1n) is 3.53.